The number of hydrogen-bond donors (Lipinski definition) is 0. The van der Waals surface area contributed by atoms with Gasteiger partial charge in [0.25, 0.3) is 0 Å². The lowest BCUT2D eigenvalue weighted by Crippen LogP contribution is -2.47. The van der Waals surface area contributed by atoms with E-state index in [2.05, 4.69) is 39.0 Å². The lowest BCUT2D eigenvalue weighted by molar-refractivity contribution is -0.115. The molecule has 0 saturated heterocycles. The fourth-order valence-electron chi connectivity index (χ4n) is 2.45. The van der Waals surface area contributed by atoms with Gasteiger partial charge in [-0.3, -0.25) is 0 Å². The lowest BCUT2D eigenvalue weighted by Gasteiger charge is -2.39. The molecule has 3 atom stereocenters. The topological polar surface area (TPSA) is 49.3 Å². The van der Waals surface area contributed by atoms with Crippen LogP contribution in [0.2, 0.25) is 18.1 Å². The van der Waals surface area contributed by atoms with Gasteiger partial charge in [0.2, 0.25) is 0 Å². The van der Waals surface area contributed by atoms with Crippen LogP contribution in [-0.4, -0.2) is 46.7 Å². The number of rotatable bonds is 5. The molecule has 0 aromatic carbocycles. The largest absolute Gasteiger partial charge is 0.411 e. The summed E-state index contributed by atoms with van der Waals surface area (Å²) >= 11 is 0. The van der Waals surface area contributed by atoms with Crippen LogP contribution < -0.4 is 0 Å². The van der Waals surface area contributed by atoms with Gasteiger partial charge < -0.3 is 18.7 Å². The van der Waals surface area contributed by atoms with E-state index in [0.717, 1.165) is 12.1 Å². The van der Waals surface area contributed by atoms with E-state index >= 15 is 0 Å². The number of nitrogens with zero attached hydrogens (tertiary/aromatic N) is 1. The minimum Gasteiger partial charge on any atom is -0.411 e. The molecule has 0 spiro atoms. The van der Waals surface area contributed by atoms with Gasteiger partial charge in [-0.05, 0) is 18.1 Å². The van der Waals surface area contributed by atoms with Gasteiger partial charge in [0.1, 0.15) is 13.4 Å². The summed E-state index contributed by atoms with van der Waals surface area (Å²) in [6, 6.07) is 0. The predicted molar refractivity (Wildman–Crippen MR) is 80.3 cm³/mol. The van der Waals surface area contributed by atoms with Gasteiger partial charge in [-0.15, -0.1) is 0 Å². The Bertz CT molecular complexity index is 378. The fourth-order valence-corrected chi connectivity index (χ4v) is 3.78. The van der Waals surface area contributed by atoms with Crippen molar-refractivity contribution in [2.24, 2.45) is 11.1 Å². The van der Waals surface area contributed by atoms with Crippen molar-refractivity contribution in [2.45, 2.75) is 57.5 Å². The Balaban J connectivity index is 2.09. The Morgan fingerprint density at radius 1 is 1.35 bits per heavy atom. The number of hydrogen-bond acceptors (Lipinski definition) is 5. The van der Waals surface area contributed by atoms with Crippen molar-refractivity contribution in [2.75, 3.05) is 20.5 Å². The fraction of sp³-hybridized carbons (Fsp3) is 0.929. The van der Waals surface area contributed by atoms with Crippen LogP contribution in [0, 0.1) is 5.92 Å². The highest BCUT2D eigenvalue weighted by Crippen LogP contribution is 2.41. The van der Waals surface area contributed by atoms with Crippen LogP contribution in [0.1, 0.15) is 27.2 Å². The maximum absolute atomic E-state index is 6.53. The molecule has 2 aliphatic rings. The van der Waals surface area contributed by atoms with E-state index in [9.17, 15) is 0 Å². The zero-order chi connectivity index (χ0) is 15.0. The van der Waals surface area contributed by atoms with Crippen molar-refractivity contribution in [1.29, 1.82) is 0 Å². The second-order valence-electron chi connectivity index (χ2n) is 7.14. The SMILES string of the molecule is COCO[C@@H]1[C@H](O[Si](C)(C)C(C)(C)C)CC2=NOC[C@@H]21. The predicted octanol–water partition coefficient (Wildman–Crippen LogP) is 2.77. The number of methoxy groups -OCH3 is 1. The molecule has 1 aliphatic heterocycles. The molecule has 2 rings (SSSR count). The molecule has 116 valence electrons. The first-order valence-electron chi connectivity index (χ1n) is 7.23. The monoisotopic (exact) mass is 301 g/mol. The van der Waals surface area contributed by atoms with Crippen molar-refractivity contribution in [3.05, 3.63) is 0 Å². The van der Waals surface area contributed by atoms with E-state index in [4.69, 9.17) is 18.7 Å². The molecule has 20 heavy (non-hydrogen) atoms. The van der Waals surface area contributed by atoms with E-state index in [-0.39, 0.29) is 30.0 Å². The van der Waals surface area contributed by atoms with Crippen LogP contribution in [-0.2, 0) is 18.7 Å². The first kappa shape index (κ1) is 15.9. The highest BCUT2D eigenvalue weighted by molar-refractivity contribution is 6.74. The molecule has 0 amide bonds. The molecule has 0 aromatic heterocycles. The molecule has 0 bridgehead atoms. The molecule has 1 aliphatic carbocycles. The van der Waals surface area contributed by atoms with E-state index in [1.165, 1.54) is 0 Å². The number of ether oxygens (including phenoxy) is 2. The summed E-state index contributed by atoms with van der Waals surface area (Å²) in [4.78, 5) is 5.19. The van der Waals surface area contributed by atoms with E-state index in [1.807, 2.05) is 0 Å². The van der Waals surface area contributed by atoms with Gasteiger partial charge in [-0.25, -0.2) is 0 Å². The highest BCUT2D eigenvalue weighted by atomic mass is 28.4. The van der Waals surface area contributed by atoms with Crippen LogP contribution >= 0.6 is 0 Å². The summed E-state index contributed by atoms with van der Waals surface area (Å²) < 4.78 is 17.4. The van der Waals surface area contributed by atoms with E-state index in [0.29, 0.717) is 6.61 Å². The van der Waals surface area contributed by atoms with Gasteiger partial charge in [0.05, 0.1) is 23.8 Å². The molecule has 5 nitrogen and oxygen atoms in total. The minimum absolute atomic E-state index is 0.00896. The van der Waals surface area contributed by atoms with Gasteiger partial charge in [0, 0.05) is 13.5 Å². The quantitative estimate of drug-likeness (QED) is 0.579. The zero-order valence-electron chi connectivity index (χ0n) is 13.4. The van der Waals surface area contributed by atoms with Gasteiger partial charge in [-0.1, -0.05) is 25.9 Å². The summed E-state index contributed by atoms with van der Waals surface area (Å²) in [6.07, 6.45) is 0.870. The summed E-state index contributed by atoms with van der Waals surface area (Å²) in [5, 5.41) is 4.32. The Morgan fingerprint density at radius 3 is 2.65 bits per heavy atom. The average Bonchev–Trinajstić information content (AvgIpc) is 2.85. The van der Waals surface area contributed by atoms with Gasteiger partial charge >= 0.3 is 0 Å². The van der Waals surface area contributed by atoms with Gasteiger partial charge in [-0.2, -0.15) is 0 Å². The minimum atomic E-state index is -1.82. The zero-order valence-corrected chi connectivity index (χ0v) is 14.4. The Labute approximate surface area is 122 Å². The molecule has 0 unspecified atom stereocenters. The van der Waals surface area contributed by atoms with Gasteiger partial charge in [0.15, 0.2) is 8.32 Å². The third-order valence-electron chi connectivity index (χ3n) is 4.67. The number of fused-ring (bicyclic) bond motifs is 1. The van der Waals surface area contributed by atoms with Crippen molar-refractivity contribution in [1.82, 2.24) is 0 Å². The molecule has 6 heteroatoms. The Kier molecular flexibility index (Phi) is 4.58. The van der Waals surface area contributed by atoms with Crippen LogP contribution in [0.4, 0.5) is 0 Å². The molecule has 1 saturated carbocycles. The van der Waals surface area contributed by atoms with Crippen LogP contribution in [0.5, 0.6) is 0 Å². The molecule has 1 heterocycles. The van der Waals surface area contributed by atoms with Crippen LogP contribution in [0.25, 0.3) is 0 Å². The molecule has 1 fully saturated rings. The summed E-state index contributed by atoms with van der Waals surface area (Å²) in [6.45, 7) is 12.2. The molecule has 0 radical (unpaired) electrons. The van der Waals surface area contributed by atoms with Crippen LogP contribution in [0.15, 0.2) is 5.16 Å². The molecule has 0 N–H and O–H groups in total. The summed E-state index contributed by atoms with van der Waals surface area (Å²) in [5.74, 6) is 0.222. The summed E-state index contributed by atoms with van der Waals surface area (Å²) in [5.41, 5.74) is 1.08. The normalized spacial score (nSPS) is 30.1. The smallest absolute Gasteiger partial charge is 0.192 e. The first-order valence-corrected chi connectivity index (χ1v) is 10.1. The Hall–Kier alpha value is -0.433. The molecular weight excluding hydrogens is 274 g/mol. The standard InChI is InChI=1S/C14H27NO4Si/c1-14(2,3)20(5,6)19-12-7-11-10(8-18-15-11)13(12)17-9-16-4/h10,12-13H,7-9H2,1-6H3/t10-,12+,13-/m0/s1. The second-order valence-corrected chi connectivity index (χ2v) is 11.9. The first-order chi connectivity index (χ1) is 9.26. The van der Waals surface area contributed by atoms with E-state index < -0.39 is 8.32 Å². The maximum atomic E-state index is 6.53. The molecule has 0 aromatic rings. The third-order valence-corrected chi connectivity index (χ3v) is 9.17. The van der Waals surface area contributed by atoms with Crippen LogP contribution in [0.3, 0.4) is 0 Å². The van der Waals surface area contributed by atoms with Crippen molar-refractivity contribution in [3.8, 4) is 0 Å². The Morgan fingerprint density at radius 2 is 2.05 bits per heavy atom. The van der Waals surface area contributed by atoms with Crippen molar-refractivity contribution in [3.63, 3.8) is 0 Å². The molecular formula is C14H27NO4Si. The van der Waals surface area contributed by atoms with Crippen molar-refractivity contribution >= 4 is 14.0 Å². The lowest BCUT2D eigenvalue weighted by atomic mass is 10.1. The summed E-state index contributed by atoms with van der Waals surface area (Å²) in [7, 11) is -0.178. The average molecular weight is 301 g/mol. The third kappa shape index (κ3) is 3.08. The maximum Gasteiger partial charge on any atom is 0.192 e. The van der Waals surface area contributed by atoms with E-state index in [1.54, 1.807) is 7.11 Å². The second kappa shape index (κ2) is 5.75. The number of oxime groups is 1. The van der Waals surface area contributed by atoms with Crippen molar-refractivity contribution < 1.29 is 18.7 Å². The highest BCUT2D eigenvalue weighted by Gasteiger charge is 2.49.